The van der Waals surface area contributed by atoms with Gasteiger partial charge in [0.05, 0.1) is 0 Å². The van der Waals surface area contributed by atoms with E-state index in [2.05, 4.69) is 96.9 Å². The fraction of sp³-hybridized carbons (Fsp3) is 0.167. The van der Waals surface area contributed by atoms with Crippen molar-refractivity contribution in [2.45, 2.75) is 25.8 Å². The number of aryl methyl sites for hydroxylation is 1. The molecule has 0 fully saturated rings. The molecule has 4 rings (SSSR count). The first-order chi connectivity index (χ1) is 12.3. The highest BCUT2D eigenvalue weighted by Gasteiger charge is 2.14. The van der Waals surface area contributed by atoms with E-state index < -0.39 is 0 Å². The fourth-order valence-electron chi connectivity index (χ4n) is 3.73. The molecule has 0 bridgehead atoms. The number of hydrogen-bond acceptors (Lipinski definition) is 0. The Labute approximate surface area is 149 Å². The van der Waals surface area contributed by atoms with Crippen molar-refractivity contribution in [1.29, 1.82) is 0 Å². The van der Waals surface area contributed by atoms with Crippen LogP contribution in [0.25, 0.3) is 21.8 Å². The molecule has 0 unspecified atom stereocenters. The number of hydrogen-bond donors (Lipinski definition) is 0. The van der Waals surface area contributed by atoms with Gasteiger partial charge in [0.1, 0.15) is 0 Å². The maximum atomic E-state index is 4.09. The first kappa shape index (κ1) is 15.7. The SMILES string of the molecule is C=C[C@H](Cn1c2ccccc2c2cc(CC)ccc21)c1ccccc1. The van der Waals surface area contributed by atoms with Crippen molar-refractivity contribution in [3.05, 3.63) is 96.6 Å². The molecule has 124 valence electrons. The van der Waals surface area contributed by atoms with E-state index in [4.69, 9.17) is 0 Å². The van der Waals surface area contributed by atoms with Crippen LogP contribution in [-0.4, -0.2) is 4.57 Å². The Morgan fingerprint density at radius 2 is 1.60 bits per heavy atom. The Morgan fingerprint density at radius 3 is 2.36 bits per heavy atom. The minimum absolute atomic E-state index is 0.297. The second-order valence-corrected chi connectivity index (χ2v) is 6.59. The van der Waals surface area contributed by atoms with Gasteiger partial charge in [0.2, 0.25) is 0 Å². The van der Waals surface area contributed by atoms with Gasteiger partial charge in [0.25, 0.3) is 0 Å². The fourth-order valence-corrected chi connectivity index (χ4v) is 3.73. The molecule has 0 N–H and O–H groups in total. The summed E-state index contributed by atoms with van der Waals surface area (Å²) in [4.78, 5) is 0. The van der Waals surface area contributed by atoms with Crippen LogP contribution in [-0.2, 0) is 13.0 Å². The first-order valence-corrected chi connectivity index (χ1v) is 8.99. The van der Waals surface area contributed by atoms with Crippen molar-refractivity contribution in [3.8, 4) is 0 Å². The zero-order chi connectivity index (χ0) is 17.2. The minimum Gasteiger partial charge on any atom is -0.340 e. The van der Waals surface area contributed by atoms with Crippen LogP contribution in [0, 0.1) is 0 Å². The molecule has 0 saturated carbocycles. The smallest absolute Gasteiger partial charge is 0.0491 e. The van der Waals surface area contributed by atoms with E-state index in [1.807, 2.05) is 0 Å². The van der Waals surface area contributed by atoms with Crippen molar-refractivity contribution < 1.29 is 0 Å². The lowest BCUT2D eigenvalue weighted by Gasteiger charge is -2.16. The van der Waals surface area contributed by atoms with E-state index in [9.17, 15) is 0 Å². The van der Waals surface area contributed by atoms with Gasteiger partial charge in [0, 0.05) is 34.3 Å². The Morgan fingerprint density at radius 1 is 0.880 bits per heavy atom. The Hall–Kier alpha value is -2.80. The van der Waals surface area contributed by atoms with Crippen molar-refractivity contribution in [3.63, 3.8) is 0 Å². The summed E-state index contributed by atoms with van der Waals surface area (Å²) in [6.45, 7) is 7.21. The topological polar surface area (TPSA) is 4.93 Å². The number of allylic oxidation sites excluding steroid dienone is 1. The van der Waals surface area contributed by atoms with Crippen LogP contribution >= 0.6 is 0 Å². The summed E-state index contributed by atoms with van der Waals surface area (Å²) in [5, 5.41) is 2.69. The van der Waals surface area contributed by atoms with Crippen LogP contribution in [0.4, 0.5) is 0 Å². The summed E-state index contributed by atoms with van der Waals surface area (Å²) >= 11 is 0. The van der Waals surface area contributed by atoms with Crippen LogP contribution in [0.2, 0.25) is 0 Å². The van der Waals surface area contributed by atoms with E-state index in [-0.39, 0.29) is 0 Å². The van der Waals surface area contributed by atoms with Gasteiger partial charge in [-0.3, -0.25) is 0 Å². The number of aromatic nitrogens is 1. The van der Waals surface area contributed by atoms with E-state index in [1.165, 1.54) is 32.9 Å². The molecule has 1 heteroatoms. The molecule has 1 atom stereocenters. The van der Waals surface area contributed by atoms with Crippen LogP contribution in [0.1, 0.15) is 24.0 Å². The number of fused-ring (bicyclic) bond motifs is 3. The lowest BCUT2D eigenvalue weighted by atomic mass is 9.99. The molecule has 0 amide bonds. The highest BCUT2D eigenvalue weighted by atomic mass is 15.0. The monoisotopic (exact) mass is 325 g/mol. The maximum Gasteiger partial charge on any atom is 0.0491 e. The second-order valence-electron chi connectivity index (χ2n) is 6.59. The summed E-state index contributed by atoms with van der Waals surface area (Å²) in [6.07, 6.45) is 3.13. The maximum absolute atomic E-state index is 4.09. The summed E-state index contributed by atoms with van der Waals surface area (Å²) in [6, 6.07) is 26.3. The molecule has 1 nitrogen and oxygen atoms in total. The highest BCUT2D eigenvalue weighted by Crippen LogP contribution is 2.32. The van der Waals surface area contributed by atoms with E-state index >= 15 is 0 Å². The van der Waals surface area contributed by atoms with Crippen LogP contribution in [0.5, 0.6) is 0 Å². The largest absolute Gasteiger partial charge is 0.340 e. The van der Waals surface area contributed by atoms with Gasteiger partial charge in [-0.05, 0) is 35.7 Å². The first-order valence-electron chi connectivity index (χ1n) is 8.99. The minimum atomic E-state index is 0.297. The van der Waals surface area contributed by atoms with Gasteiger partial charge in [-0.1, -0.05) is 67.6 Å². The van der Waals surface area contributed by atoms with E-state index in [1.54, 1.807) is 0 Å². The molecule has 0 aliphatic rings. The molecular weight excluding hydrogens is 302 g/mol. The van der Waals surface area contributed by atoms with Crippen LogP contribution in [0.3, 0.4) is 0 Å². The predicted octanol–water partition coefficient (Wildman–Crippen LogP) is 6.33. The Kier molecular flexibility index (Phi) is 4.15. The van der Waals surface area contributed by atoms with Crippen molar-refractivity contribution in [2.75, 3.05) is 0 Å². The summed E-state index contributed by atoms with van der Waals surface area (Å²) in [5.41, 5.74) is 5.31. The third-order valence-electron chi connectivity index (χ3n) is 5.14. The van der Waals surface area contributed by atoms with Gasteiger partial charge < -0.3 is 4.57 Å². The number of benzene rings is 3. The van der Waals surface area contributed by atoms with E-state index in [0.717, 1.165) is 13.0 Å². The predicted molar refractivity (Wildman–Crippen MR) is 108 cm³/mol. The quantitative estimate of drug-likeness (QED) is 0.378. The van der Waals surface area contributed by atoms with Crippen molar-refractivity contribution >= 4 is 21.8 Å². The van der Waals surface area contributed by atoms with Gasteiger partial charge in [-0.15, -0.1) is 6.58 Å². The van der Waals surface area contributed by atoms with E-state index in [0.29, 0.717) is 5.92 Å². The third-order valence-corrected chi connectivity index (χ3v) is 5.14. The zero-order valence-corrected chi connectivity index (χ0v) is 14.7. The third kappa shape index (κ3) is 2.76. The second kappa shape index (κ2) is 6.60. The van der Waals surface area contributed by atoms with Gasteiger partial charge >= 0.3 is 0 Å². The molecule has 1 heterocycles. The molecule has 0 aliphatic heterocycles. The van der Waals surface area contributed by atoms with Crippen LogP contribution < -0.4 is 0 Å². The molecule has 25 heavy (non-hydrogen) atoms. The Balaban J connectivity index is 1.89. The standard InChI is InChI=1S/C24H23N/c1-3-18-14-15-24-22(16-18)21-12-8-9-13-23(21)25(24)17-19(4-2)20-10-6-5-7-11-20/h4-16,19H,2-3,17H2,1H3/t19-/m1/s1. The van der Waals surface area contributed by atoms with Gasteiger partial charge in [-0.2, -0.15) is 0 Å². The average molecular weight is 325 g/mol. The molecule has 1 aromatic heterocycles. The van der Waals surface area contributed by atoms with Crippen molar-refractivity contribution in [2.24, 2.45) is 0 Å². The molecule has 3 aromatic carbocycles. The van der Waals surface area contributed by atoms with Crippen LogP contribution in [0.15, 0.2) is 85.5 Å². The van der Waals surface area contributed by atoms with Gasteiger partial charge in [-0.25, -0.2) is 0 Å². The lowest BCUT2D eigenvalue weighted by molar-refractivity contribution is 0.676. The Bertz CT molecular complexity index is 1020. The molecule has 0 aliphatic carbocycles. The summed E-state index contributed by atoms with van der Waals surface area (Å²) in [5.74, 6) is 0.297. The van der Waals surface area contributed by atoms with Crippen molar-refractivity contribution in [1.82, 2.24) is 4.57 Å². The molecule has 0 spiro atoms. The summed E-state index contributed by atoms with van der Waals surface area (Å²) < 4.78 is 2.45. The molecule has 4 aromatic rings. The highest BCUT2D eigenvalue weighted by molar-refractivity contribution is 6.08. The summed E-state index contributed by atoms with van der Waals surface area (Å²) in [7, 11) is 0. The molecule has 0 saturated heterocycles. The average Bonchev–Trinajstić information content (AvgIpc) is 2.99. The number of para-hydroxylation sites is 1. The lowest BCUT2D eigenvalue weighted by Crippen LogP contribution is -2.07. The number of rotatable bonds is 5. The molecule has 0 radical (unpaired) electrons. The zero-order valence-electron chi connectivity index (χ0n) is 14.7. The number of nitrogens with zero attached hydrogens (tertiary/aromatic N) is 1. The molecular formula is C24H23N. The normalized spacial score (nSPS) is 12.5. The van der Waals surface area contributed by atoms with Gasteiger partial charge in [0.15, 0.2) is 0 Å².